The van der Waals surface area contributed by atoms with Crippen molar-refractivity contribution in [3.8, 4) is 5.69 Å². The standard InChI is InChI=1S/C27H27FN4OS/c1-19(31-15-5-2-6-16-31)26-29-30-27(32(26)24-13-11-23(28)12-14-24)34-18-25(33)22-10-9-20-7-3-4-8-21(20)17-22/h3-4,7-14,17,19H,2,5-6,15-16,18H2,1H3. The number of rotatable bonds is 7. The lowest BCUT2D eigenvalue weighted by atomic mass is 10.1. The van der Waals surface area contributed by atoms with Crippen LogP contribution in [0.1, 0.15) is 48.4 Å². The number of nitrogens with zero attached hydrogens (tertiary/aromatic N) is 4. The molecular formula is C27H27FN4OS. The summed E-state index contributed by atoms with van der Waals surface area (Å²) in [5.41, 5.74) is 1.48. The second-order valence-electron chi connectivity index (χ2n) is 8.70. The van der Waals surface area contributed by atoms with Crippen LogP contribution in [0.15, 0.2) is 71.9 Å². The molecular weight excluding hydrogens is 447 g/mol. The first-order valence-electron chi connectivity index (χ1n) is 11.7. The quantitative estimate of drug-likeness (QED) is 0.240. The molecule has 2 heterocycles. The summed E-state index contributed by atoms with van der Waals surface area (Å²) in [6.45, 7) is 4.20. The van der Waals surface area contributed by atoms with Crippen molar-refractivity contribution >= 4 is 28.3 Å². The first-order chi connectivity index (χ1) is 16.6. The molecule has 0 aliphatic carbocycles. The van der Waals surface area contributed by atoms with Crippen LogP contribution >= 0.6 is 11.8 Å². The van der Waals surface area contributed by atoms with Crippen molar-refractivity contribution in [1.29, 1.82) is 0 Å². The maximum atomic E-state index is 13.6. The highest BCUT2D eigenvalue weighted by atomic mass is 32.2. The van der Waals surface area contributed by atoms with Gasteiger partial charge in [0.2, 0.25) is 0 Å². The highest BCUT2D eigenvalue weighted by molar-refractivity contribution is 7.99. The van der Waals surface area contributed by atoms with Gasteiger partial charge in [-0.15, -0.1) is 10.2 Å². The lowest BCUT2D eigenvalue weighted by molar-refractivity contribution is 0.102. The van der Waals surface area contributed by atoms with Crippen LogP contribution in [0.2, 0.25) is 0 Å². The van der Waals surface area contributed by atoms with Crippen molar-refractivity contribution in [2.75, 3.05) is 18.8 Å². The van der Waals surface area contributed by atoms with Crippen LogP contribution in [0, 0.1) is 5.82 Å². The topological polar surface area (TPSA) is 51.0 Å². The zero-order chi connectivity index (χ0) is 23.5. The van der Waals surface area contributed by atoms with E-state index in [0.717, 1.165) is 35.4 Å². The molecule has 174 valence electrons. The Balaban J connectivity index is 1.41. The van der Waals surface area contributed by atoms with Gasteiger partial charge in [0.25, 0.3) is 0 Å². The van der Waals surface area contributed by atoms with Gasteiger partial charge < -0.3 is 0 Å². The number of ketones is 1. The van der Waals surface area contributed by atoms with Crippen LogP contribution in [-0.4, -0.2) is 44.3 Å². The van der Waals surface area contributed by atoms with Crippen molar-refractivity contribution < 1.29 is 9.18 Å². The van der Waals surface area contributed by atoms with Crippen LogP contribution in [0.5, 0.6) is 0 Å². The lowest BCUT2D eigenvalue weighted by Crippen LogP contribution is -2.33. The number of thioether (sulfide) groups is 1. The second kappa shape index (κ2) is 10.1. The molecule has 0 amide bonds. The molecule has 0 N–H and O–H groups in total. The minimum atomic E-state index is -0.289. The van der Waals surface area contributed by atoms with Gasteiger partial charge in [-0.05, 0) is 74.0 Å². The summed E-state index contributed by atoms with van der Waals surface area (Å²) in [5.74, 6) is 0.808. The second-order valence-corrected chi connectivity index (χ2v) is 9.64. The SMILES string of the molecule is CC(c1nnc(SCC(=O)c2ccc3ccccc3c2)n1-c1ccc(F)cc1)N1CCCCC1. The molecule has 4 aromatic rings. The van der Waals surface area contributed by atoms with Crippen LogP contribution < -0.4 is 0 Å². The third-order valence-corrected chi connectivity index (χ3v) is 7.39. The monoisotopic (exact) mass is 474 g/mol. The molecule has 7 heteroatoms. The summed E-state index contributed by atoms with van der Waals surface area (Å²) in [5, 5.41) is 11.8. The molecule has 1 aliphatic heterocycles. The zero-order valence-corrected chi connectivity index (χ0v) is 20.0. The van der Waals surface area contributed by atoms with Crippen LogP contribution in [-0.2, 0) is 0 Å². The van der Waals surface area contributed by atoms with E-state index in [1.54, 1.807) is 12.1 Å². The number of aromatic nitrogens is 3. The summed E-state index contributed by atoms with van der Waals surface area (Å²) >= 11 is 1.37. The molecule has 0 bridgehead atoms. The number of likely N-dealkylation sites (tertiary alicyclic amines) is 1. The molecule has 1 saturated heterocycles. The summed E-state index contributed by atoms with van der Waals surface area (Å²) in [6.07, 6.45) is 3.61. The smallest absolute Gasteiger partial charge is 0.196 e. The Bertz CT molecular complexity index is 1300. The van der Waals surface area contributed by atoms with Gasteiger partial charge in [0.05, 0.1) is 11.8 Å². The number of carbonyl (C=O) groups is 1. The number of hydrogen-bond donors (Lipinski definition) is 0. The molecule has 1 atom stereocenters. The van der Waals surface area contributed by atoms with Gasteiger partial charge in [-0.3, -0.25) is 14.3 Å². The molecule has 5 rings (SSSR count). The number of carbonyl (C=O) groups excluding carboxylic acids is 1. The summed E-state index contributed by atoms with van der Waals surface area (Å²) in [7, 11) is 0. The highest BCUT2D eigenvalue weighted by Gasteiger charge is 2.26. The minimum absolute atomic E-state index is 0.0371. The zero-order valence-electron chi connectivity index (χ0n) is 19.2. The Hall–Kier alpha value is -3.03. The van der Waals surface area contributed by atoms with Gasteiger partial charge in [0.15, 0.2) is 16.8 Å². The third kappa shape index (κ3) is 4.76. The minimum Gasteiger partial charge on any atom is -0.294 e. The number of Topliss-reactive ketones (excluding diaryl/α,β-unsaturated/α-hetero) is 1. The number of piperidine rings is 1. The van der Waals surface area contributed by atoms with Gasteiger partial charge >= 0.3 is 0 Å². The molecule has 0 spiro atoms. The normalized spacial score (nSPS) is 15.5. The van der Waals surface area contributed by atoms with Crippen molar-refractivity contribution in [3.63, 3.8) is 0 Å². The van der Waals surface area contributed by atoms with Crippen LogP contribution in [0.4, 0.5) is 4.39 Å². The summed E-state index contributed by atoms with van der Waals surface area (Å²) < 4.78 is 15.6. The summed E-state index contributed by atoms with van der Waals surface area (Å²) in [4.78, 5) is 15.4. The number of fused-ring (bicyclic) bond motifs is 1. The fourth-order valence-electron chi connectivity index (χ4n) is 4.52. The Morgan fingerprint density at radius 2 is 1.71 bits per heavy atom. The van der Waals surface area contributed by atoms with E-state index in [2.05, 4.69) is 22.0 Å². The lowest BCUT2D eigenvalue weighted by Gasteiger charge is -2.31. The van der Waals surface area contributed by atoms with Crippen LogP contribution in [0.3, 0.4) is 0 Å². The van der Waals surface area contributed by atoms with Crippen molar-refractivity contribution in [1.82, 2.24) is 19.7 Å². The molecule has 1 aliphatic rings. The maximum Gasteiger partial charge on any atom is 0.196 e. The Labute approximate surface area is 203 Å². The molecule has 1 aromatic heterocycles. The molecule has 0 saturated carbocycles. The van der Waals surface area contributed by atoms with Crippen molar-refractivity contribution in [3.05, 3.63) is 83.9 Å². The predicted molar refractivity (Wildman–Crippen MR) is 134 cm³/mol. The molecule has 34 heavy (non-hydrogen) atoms. The largest absolute Gasteiger partial charge is 0.294 e. The predicted octanol–water partition coefficient (Wildman–Crippen LogP) is 6.08. The maximum absolute atomic E-state index is 13.6. The molecule has 0 radical (unpaired) electrons. The van der Waals surface area contributed by atoms with Gasteiger partial charge in [-0.25, -0.2) is 4.39 Å². The number of benzene rings is 3. The fraction of sp³-hybridized carbons (Fsp3) is 0.296. The molecule has 5 nitrogen and oxygen atoms in total. The fourth-order valence-corrected chi connectivity index (χ4v) is 5.38. The van der Waals surface area contributed by atoms with Gasteiger partial charge in [0, 0.05) is 11.3 Å². The Kier molecular flexibility index (Phi) is 6.74. The molecule has 1 unspecified atom stereocenters. The first kappa shape index (κ1) is 22.7. The van der Waals surface area contributed by atoms with Crippen LogP contribution in [0.25, 0.3) is 16.5 Å². The van der Waals surface area contributed by atoms with E-state index >= 15 is 0 Å². The van der Waals surface area contributed by atoms with Gasteiger partial charge in [0.1, 0.15) is 5.82 Å². The number of halogens is 1. The van der Waals surface area contributed by atoms with Crippen molar-refractivity contribution in [2.45, 2.75) is 37.4 Å². The van der Waals surface area contributed by atoms with E-state index in [4.69, 9.17) is 0 Å². The highest BCUT2D eigenvalue weighted by Crippen LogP contribution is 2.30. The average molecular weight is 475 g/mol. The number of hydrogen-bond acceptors (Lipinski definition) is 5. The summed E-state index contributed by atoms with van der Waals surface area (Å²) in [6, 6.07) is 20.2. The Morgan fingerprint density at radius 1 is 0.971 bits per heavy atom. The first-order valence-corrected chi connectivity index (χ1v) is 12.7. The third-order valence-electron chi connectivity index (χ3n) is 6.46. The van der Waals surface area contributed by atoms with E-state index in [1.807, 2.05) is 47.0 Å². The van der Waals surface area contributed by atoms with E-state index in [-0.39, 0.29) is 23.4 Å². The van der Waals surface area contributed by atoms with Crippen molar-refractivity contribution in [2.24, 2.45) is 0 Å². The van der Waals surface area contributed by atoms with E-state index < -0.39 is 0 Å². The average Bonchev–Trinajstić information content (AvgIpc) is 3.31. The van der Waals surface area contributed by atoms with E-state index in [0.29, 0.717) is 10.7 Å². The molecule has 1 fully saturated rings. The van der Waals surface area contributed by atoms with E-state index in [9.17, 15) is 9.18 Å². The molecule has 3 aromatic carbocycles. The van der Waals surface area contributed by atoms with Gasteiger partial charge in [-0.1, -0.05) is 54.6 Å². The van der Waals surface area contributed by atoms with E-state index in [1.165, 1.54) is 43.2 Å². The Morgan fingerprint density at radius 3 is 2.47 bits per heavy atom. The van der Waals surface area contributed by atoms with Gasteiger partial charge in [-0.2, -0.15) is 0 Å².